The molecule has 0 saturated heterocycles. The molecule has 3 heteroatoms. The first kappa shape index (κ1) is 11.5. The van der Waals surface area contributed by atoms with Gasteiger partial charge in [0.1, 0.15) is 0 Å². The Morgan fingerprint density at radius 2 is 1.78 bits per heavy atom. The second-order valence-corrected chi connectivity index (χ2v) is 5.30. The summed E-state index contributed by atoms with van der Waals surface area (Å²) in [6.07, 6.45) is 0.997. The molecule has 0 unspecified atom stereocenters. The van der Waals surface area contributed by atoms with Gasteiger partial charge in [0.15, 0.2) is 5.78 Å². The predicted molar refractivity (Wildman–Crippen MR) is 76.2 cm³/mol. The first-order chi connectivity index (χ1) is 8.74. The zero-order chi connectivity index (χ0) is 12.5. The fraction of sp³-hybridized carbons (Fsp3) is 0.133. The molecule has 0 spiro atoms. The van der Waals surface area contributed by atoms with E-state index in [4.69, 9.17) is 0 Å². The molecule has 0 bridgehead atoms. The number of hydrogen-bond donors (Lipinski definition) is 1. The Labute approximate surface area is 114 Å². The molecule has 90 valence electrons. The van der Waals surface area contributed by atoms with E-state index in [-0.39, 0.29) is 5.78 Å². The minimum atomic E-state index is 0.0807. The van der Waals surface area contributed by atoms with Crippen molar-refractivity contribution in [1.29, 1.82) is 0 Å². The third-order valence-corrected chi connectivity index (χ3v) is 3.71. The zero-order valence-corrected chi connectivity index (χ0v) is 11.3. The summed E-state index contributed by atoms with van der Waals surface area (Å²) in [4.78, 5) is 12.3. The average molecular weight is 302 g/mol. The topological polar surface area (TPSA) is 29.1 Å². The normalized spacial score (nSPS) is 12.9. The van der Waals surface area contributed by atoms with Gasteiger partial charge in [-0.25, -0.2) is 0 Å². The van der Waals surface area contributed by atoms with E-state index in [1.807, 2.05) is 42.5 Å². The van der Waals surface area contributed by atoms with Crippen LogP contribution in [0.1, 0.15) is 21.5 Å². The molecule has 0 amide bonds. The fourth-order valence-corrected chi connectivity index (χ4v) is 2.48. The van der Waals surface area contributed by atoms with Gasteiger partial charge in [0, 0.05) is 27.8 Å². The van der Waals surface area contributed by atoms with Crippen molar-refractivity contribution in [2.24, 2.45) is 0 Å². The summed E-state index contributed by atoms with van der Waals surface area (Å²) in [5.74, 6) is 0.0807. The van der Waals surface area contributed by atoms with E-state index in [0.29, 0.717) is 0 Å². The summed E-state index contributed by atoms with van der Waals surface area (Å²) < 4.78 is 0.984. The predicted octanol–water partition coefficient (Wildman–Crippen LogP) is 3.65. The van der Waals surface area contributed by atoms with Crippen LogP contribution in [0.15, 0.2) is 46.9 Å². The van der Waals surface area contributed by atoms with Crippen LogP contribution in [0.25, 0.3) is 0 Å². The van der Waals surface area contributed by atoms with Gasteiger partial charge in [0.05, 0.1) is 0 Å². The maximum Gasteiger partial charge on any atom is 0.193 e. The van der Waals surface area contributed by atoms with Crippen molar-refractivity contribution in [2.45, 2.75) is 6.42 Å². The number of benzene rings is 2. The first-order valence-corrected chi connectivity index (χ1v) is 6.70. The number of hydrogen-bond acceptors (Lipinski definition) is 2. The van der Waals surface area contributed by atoms with E-state index in [1.165, 1.54) is 5.56 Å². The van der Waals surface area contributed by atoms with Crippen LogP contribution in [-0.2, 0) is 6.42 Å². The Kier molecular flexibility index (Phi) is 2.92. The molecule has 1 heterocycles. The quantitative estimate of drug-likeness (QED) is 0.858. The van der Waals surface area contributed by atoms with Crippen LogP contribution >= 0.6 is 15.9 Å². The molecule has 18 heavy (non-hydrogen) atoms. The van der Waals surface area contributed by atoms with Gasteiger partial charge in [-0.1, -0.05) is 15.9 Å². The summed E-state index contributed by atoms with van der Waals surface area (Å²) in [6.45, 7) is 0.964. The molecule has 3 rings (SSSR count). The van der Waals surface area contributed by atoms with Crippen molar-refractivity contribution in [3.63, 3.8) is 0 Å². The van der Waals surface area contributed by atoms with Crippen molar-refractivity contribution in [3.05, 3.63) is 63.6 Å². The van der Waals surface area contributed by atoms with Crippen LogP contribution in [-0.4, -0.2) is 12.3 Å². The molecule has 2 nitrogen and oxygen atoms in total. The molecule has 1 aliphatic heterocycles. The van der Waals surface area contributed by atoms with Gasteiger partial charge in [0.2, 0.25) is 0 Å². The minimum absolute atomic E-state index is 0.0807. The number of carbonyl (C=O) groups excluding carboxylic acids is 1. The Balaban J connectivity index is 1.95. The van der Waals surface area contributed by atoms with Crippen LogP contribution in [0.5, 0.6) is 0 Å². The summed E-state index contributed by atoms with van der Waals surface area (Å²) in [6, 6.07) is 13.4. The number of anilines is 1. The SMILES string of the molecule is O=C(c1ccc(Br)cc1)c1ccc2c(c1)CCN2. The number of carbonyl (C=O) groups is 1. The van der Waals surface area contributed by atoms with E-state index in [2.05, 4.69) is 21.2 Å². The first-order valence-electron chi connectivity index (χ1n) is 5.91. The molecule has 1 N–H and O–H groups in total. The number of halogens is 1. The monoisotopic (exact) mass is 301 g/mol. The highest BCUT2D eigenvalue weighted by molar-refractivity contribution is 9.10. The van der Waals surface area contributed by atoms with Gasteiger partial charge < -0.3 is 5.32 Å². The van der Waals surface area contributed by atoms with E-state index < -0.39 is 0 Å². The molecule has 0 radical (unpaired) electrons. The third kappa shape index (κ3) is 2.06. The smallest absolute Gasteiger partial charge is 0.193 e. The van der Waals surface area contributed by atoms with Crippen molar-refractivity contribution in [1.82, 2.24) is 0 Å². The Morgan fingerprint density at radius 1 is 1.06 bits per heavy atom. The lowest BCUT2D eigenvalue weighted by Crippen LogP contribution is -2.01. The van der Waals surface area contributed by atoms with E-state index in [0.717, 1.165) is 34.3 Å². The molecule has 0 aliphatic carbocycles. The fourth-order valence-electron chi connectivity index (χ4n) is 2.21. The summed E-state index contributed by atoms with van der Waals surface area (Å²) in [5, 5.41) is 3.30. The molecule has 0 fully saturated rings. The van der Waals surface area contributed by atoms with Gasteiger partial charge in [-0.2, -0.15) is 0 Å². The van der Waals surface area contributed by atoms with Crippen molar-refractivity contribution >= 4 is 27.4 Å². The van der Waals surface area contributed by atoms with Crippen LogP contribution < -0.4 is 5.32 Å². The molecule has 0 atom stereocenters. The van der Waals surface area contributed by atoms with Crippen LogP contribution in [0.2, 0.25) is 0 Å². The second-order valence-electron chi connectivity index (χ2n) is 4.38. The van der Waals surface area contributed by atoms with Crippen molar-refractivity contribution < 1.29 is 4.79 Å². The molecule has 0 saturated carbocycles. The molecular weight excluding hydrogens is 290 g/mol. The lowest BCUT2D eigenvalue weighted by molar-refractivity contribution is 0.103. The maximum absolute atomic E-state index is 12.3. The van der Waals surface area contributed by atoms with Crippen LogP contribution in [0, 0.1) is 0 Å². The molecule has 1 aliphatic rings. The molecule has 2 aromatic rings. The van der Waals surface area contributed by atoms with Gasteiger partial charge >= 0.3 is 0 Å². The highest BCUT2D eigenvalue weighted by atomic mass is 79.9. The highest BCUT2D eigenvalue weighted by Crippen LogP contribution is 2.24. The maximum atomic E-state index is 12.3. The number of rotatable bonds is 2. The number of nitrogens with one attached hydrogen (secondary N) is 1. The highest BCUT2D eigenvalue weighted by Gasteiger charge is 2.14. The number of ketones is 1. The van der Waals surface area contributed by atoms with E-state index in [9.17, 15) is 4.79 Å². The van der Waals surface area contributed by atoms with Crippen LogP contribution in [0.4, 0.5) is 5.69 Å². The second kappa shape index (κ2) is 4.58. The standard InChI is InChI=1S/C15H12BrNO/c16-13-4-1-10(2-5-13)15(18)12-3-6-14-11(9-12)7-8-17-14/h1-6,9,17H,7-8H2. The Bertz CT molecular complexity index is 604. The average Bonchev–Trinajstić information content (AvgIpc) is 2.86. The Hall–Kier alpha value is -1.61. The third-order valence-electron chi connectivity index (χ3n) is 3.18. The minimum Gasteiger partial charge on any atom is -0.384 e. The molecular formula is C15H12BrNO. The summed E-state index contributed by atoms with van der Waals surface area (Å²) in [7, 11) is 0. The number of fused-ring (bicyclic) bond motifs is 1. The Morgan fingerprint density at radius 3 is 2.56 bits per heavy atom. The van der Waals surface area contributed by atoms with Gasteiger partial charge in [0.25, 0.3) is 0 Å². The molecule has 0 aromatic heterocycles. The lowest BCUT2D eigenvalue weighted by Gasteiger charge is -2.04. The molecule has 2 aromatic carbocycles. The van der Waals surface area contributed by atoms with Crippen molar-refractivity contribution in [2.75, 3.05) is 11.9 Å². The van der Waals surface area contributed by atoms with E-state index in [1.54, 1.807) is 0 Å². The summed E-state index contributed by atoms with van der Waals surface area (Å²) >= 11 is 3.37. The van der Waals surface area contributed by atoms with E-state index >= 15 is 0 Å². The van der Waals surface area contributed by atoms with Gasteiger partial charge in [-0.15, -0.1) is 0 Å². The van der Waals surface area contributed by atoms with Gasteiger partial charge in [-0.3, -0.25) is 4.79 Å². The van der Waals surface area contributed by atoms with Crippen molar-refractivity contribution in [3.8, 4) is 0 Å². The lowest BCUT2D eigenvalue weighted by atomic mass is 10.0. The largest absolute Gasteiger partial charge is 0.384 e. The zero-order valence-electron chi connectivity index (χ0n) is 9.74. The van der Waals surface area contributed by atoms with Crippen LogP contribution in [0.3, 0.4) is 0 Å². The van der Waals surface area contributed by atoms with Gasteiger partial charge in [-0.05, 0) is 54.4 Å². The summed E-state index contributed by atoms with van der Waals surface area (Å²) in [5.41, 5.74) is 3.88.